The first-order valence-electron chi connectivity index (χ1n) is 10.5. The lowest BCUT2D eigenvalue weighted by Crippen LogP contribution is -2.43. The highest BCUT2D eigenvalue weighted by Gasteiger charge is 2.44. The summed E-state index contributed by atoms with van der Waals surface area (Å²) in [6, 6.07) is 17.4. The van der Waals surface area contributed by atoms with Crippen molar-refractivity contribution in [3.63, 3.8) is 0 Å². The van der Waals surface area contributed by atoms with Crippen molar-refractivity contribution in [1.29, 1.82) is 5.26 Å². The molecule has 0 saturated carbocycles. The molecule has 2 aromatic carbocycles. The summed E-state index contributed by atoms with van der Waals surface area (Å²) in [7, 11) is 0. The van der Waals surface area contributed by atoms with Crippen molar-refractivity contribution in [2.24, 2.45) is 5.41 Å². The first kappa shape index (κ1) is 20.1. The number of hydrogen-bond acceptors (Lipinski definition) is 3. The summed E-state index contributed by atoms with van der Waals surface area (Å²) in [6.07, 6.45) is 2.39. The SMILES string of the molecule is CCc1ccc(C2CC(=O)N(c3ccc(C#N)cc3)C3=C2C(=O)CC(C)(C)C3)cc1. The third-order valence-electron chi connectivity index (χ3n) is 6.19. The standard InChI is InChI=1S/C26H26N2O2/c1-4-17-5-9-19(10-6-17)21-13-24(30)28(20-11-7-18(16-27)8-12-20)22-14-26(2,3)15-23(29)25(21)22/h5-12,21H,4,13-15H2,1-3H3. The molecule has 0 fully saturated rings. The van der Waals surface area contributed by atoms with Gasteiger partial charge in [-0.15, -0.1) is 0 Å². The maximum atomic E-state index is 13.3. The van der Waals surface area contributed by atoms with E-state index in [9.17, 15) is 9.59 Å². The van der Waals surface area contributed by atoms with Crippen LogP contribution in [0.3, 0.4) is 0 Å². The Morgan fingerprint density at radius 3 is 2.30 bits per heavy atom. The highest BCUT2D eigenvalue weighted by Crippen LogP contribution is 2.48. The average molecular weight is 399 g/mol. The molecule has 2 aliphatic rings. The number of anilines is 1. The molecule has 1 atom stereocenters. The highest BCUT2D eigenvalue weighted by molar-refractivity contribution is 6.07. The van der Waals surface area contributed by atoms with Crippen LogP contribution < -0.4 is 4.90 Å². The number of ketones is 1. The van der Waals surface area contributed by atoms with E-state index < -0.39 is 0 Å². The predicted molar refractivity (Wildman–Crippen MR) is 117 cm³/mol. The molecule has 0 aromatic heterocycles. The third kappa shape index (κ3) is 3.57. The van der Waals surface area contributed by atoms with Crippen LogP contribution in [0.5, 0.6) is 0 Å². The summed E-state index contributed by atoms with van der Waals surface area (Å²) in [5.41, 5.74) is 4.94. The molecule has 1 amide bonds. The van der Waals surface area contributed by atoms with Crippen molar-refractivity contribution in [2.45, 2.75) is 52.4 Å². The lowest BCUT2D eigenvalue weighted by molar-refractivity contribution is -0.121. The van der Waals surface area contributed by atoms with Gasteiger partial charge in [0.2, 0.25) is 5.91 Å². The van der Waals surface area contributed by atoms with Gasteiger partial charge in [0, 0.05) is 35.7 Å². The van der Waals surface area contributed by atoms with Gasteiger partial charge in [-0.05, 0) is 53.6 Å². The highest BCUT2D eigenvalue weighted by atomic mass is 16.2. The van der Waals surface area contributed by atoms with Crippen LogP contribution in [-0.2, 0) is 16.0 Å². The Bertz CT molecular complexity index is 1070. The Hall–Kier alpha value is -3.19. The van der Waals surface area contributed by atoms with Crippen molar-refractivity contribution in [1.82, 2.24) is 0 Å². The summed E-state index contributed by atoms with van der Waals surface area (Å²) in [5.74, 6) is -0.0675. The van der Waals surface area contributed by atoms with Gasteiger partial charge >= 0.3 is 0 Å². The molecule has 4 rings (SSSR count). The molecule has 30 heavy (non-hydrogen) atoms. The van der Waals surface area contributed by atoms with Gasteiger partial charge in [0.15, 0.2) is 5.78 Å². The molecular formula is C26H26N2O2. The third-order valence-corrected chi connectivity index (χ3v) is 6.19. The second-order valence-corrected chi connectivity index (χ2v) is 9.04. The van der Waals surface area contributed by atoms with E-state index >= 15 is 0 Å². The molecule has 0 saturated heterocycles. The summed E-state index contributed by atoms with van der Waals surface area (Å²) in [4.78, 5) is 28.4. The monoisotopic (exact) mass is 398 g/mol. The fourth-order valence-electron chi connectivity index (χ4n) is 4.67. The van der Waals surface area contributed by atoms with Gasteiger partial charge in [-0.2, -0.15) is 5.26 Å². The van der Waals surface area contributed by atoms with Gasteiger partial charge < -0.3 is 0 Å². The van der Waals surface area contributed by atoms with Crippen molar-refractivity contribution in [3.8, 4) is 6.07 Å². The molecule has 0 bridgehead atoms. The van der Waals surface area contributed by atoms with Crippen molar-refractivity contribution < 1.29 is 9.59 Å². The number of carbonyl (C=O) groups is 2. The minimum atomic E-state index is -0.199. The molecule has 4 heteroatoms. The largest absolute Gasteiger partial charge is 0.294 e. The van der Waals surface area contributed by atoms with Crippen molar-refractivity contribution >= 4 is 17.4 Å². The lowest BCUT2D eigenvalue weighted by atomic mass is 9.69. The number of allylic oxidation sites excluding steroid dienone is 2. The van der Waals surface area contributed by atoms with E-state index in [0.717, 1.165) is 28.9 Å². The molecule has 2 aromatic rings. The van der Waals surface area contributed by atoms with Crippen molar-refractivity contribution in [2.75, 3.05) is 4.90 Å². The zero-order valence-electron chi connectivity index (χ0n) is 17.7. The quantitative estimate of drug-likeness (QED) is 0.706. The lowest BCUT2D eigenvalue weighted by Gasteiger charge is -2.43. The van der Waals surface area contributed by atoms with Crippen LogP contribution in [0, 0.1) is 16.7 Å². The van der Waals surface area contributed by atoms with E-state index in [2.05, 4.69) is 51.1 Å². The predicted octanol–water partition coefficient (Wildman–Crippen LogP) is 5.28. The second kappa shape index (κ2) is 7.57. The van der Waals surface area contributed by atoms with Gasteiger partial charge in [-0.25, -0.2) is 0 Å². The van der Waals surface area contributed by atoms with Gasteiger partial charge in [0.05, 0.1) is 11.6 Å². The van der Waals surface area contributed by atoms with Gasteiger partial charge in [0.25, 0.3) is 0 Å². The molecular weight excluding hydrogens is 372 g/mol. The zero-order chi connectivity index (χ0) is 21.5. The van der Waals surface area contributed by atoms with Crippen LogP contribution in [0.4, 0.5) is 5.69 Å². The summed E-state index contributed by atoms with van der Waals surface area (Å²) < 4.78 is 0. The first-order chi connectivity index (χ1) is 14.3. The van der Waals surface area contributed by atoms with Crippen LogP contribution in [0.15, 0.2) is 59.8 Å². The smallest absolute Gasteiger partial charge is 0.232 e. The Balaban J connectivity index is 1.85. The number of benzene rings is 2. The molecule has 1 aliphatic carbocycles. The Kier molecular flexibility index (Phi) is 5.07. The maximum absolute atomic E-state index is 13.3. The van der Waals surface area contributed by atoms with E-state index in [4.69, 9.17) is 5.26 Å². The first-order valence-corrected chi connectivity index (χ1v) is 10.5. The minimum absolute atomic E-state index is 0.00599. The molecule has 1 unspecified atom stereocenters. The van der Waals surface area contributed by atoms with Crippen LogP contribution in [0.25, 0.3) is 0 Å². The summed E-state index contributed by atoms with van der Waals surface area (Å²) >= 11 is 0. The molecule has 1 aliphatic heterocycles. The minimum Gasteiger partial charge on any atom is -0.294 e. The fourth-order valence-corrected chi connectivity index (χ4v) is 4.67. The Morgan fingerprint density at radius 2 is 1.70 bits per heavy atom. The van der Waals surface area contributed by atoms with E-state index in [0.29, 0.717) is 18.4 Å². The van der Waals surface area contributed by atoms with Crippen LogP contribution in [0.2, 0.25) is 0 Å². The summed E-state index contributed by atoms with van der Waals surface area (Å²) in [6.45, 7) is 6.27. The number of rotatable bonds is 3. The molecule has 0 radical (unpaired) electrons. The van der Waals surface area contributed by atoms with E-state index in [1.807, 2.05) is 0 Å². The van der Waals surface area contributed by atoms with Gasteiger partial charge in [-0.3, -0.25) is 14.5 Å². The molecule has 1 heterocycles. The average Bonchev–Trinajstić information content (AvgIpc) is 2.72. The van der Waals surface area contributed by atoms with E-state index in [1.54, 1.807) is 29.2 Å². The maximum Gasteiger partial charge on any atom is 0.232 e. The van der Waals surface area contributed by atoms with Crippen LogP contribution in [-0.4, -0.2) is 11.7 Å². The number of nitrogens with zero attached hydrogens (tertiary/aromatic N) is 2. The molecule has 4 nitrogen and oxygen atoms in total. The second-order valence-electron chi connectivity index (χ2n) is 9.04. The number of carbonyl (C=O) groups excluding carboxylic acids is 2. The number of amides is 1. The van der Waals surface area contributed by atoms with Crippen LogP contribution >= 0.6 is 0 Å². The van der Waals surface area contributed by atoms with Crippen LogP contribution in [0.1, 0.15) is 62.6 Å². The van der Waals surface area contributed by atoms with E-state index in [1.165, 1.54) is 5.56 Å². The molecule has 152 valence electrons. The molecule has 0 N–H and O–H groups in total. The molecule has 0 spiro atoms. The fraction of sp³-hybridized carbons (Fsp3) is 0.346. The number of aryl methyl sites for hydroxylation is 1. The zero-order valence-corrected chi connectivity index (χ0v) is 17.7. The van der Waals surface area contributed by atoms with Gasteiger partial charge in [0.1, 0.15) is 0 Å². The topological polar surface area (TPSA) is 61.2 Å². The van der Waals surface area contributed by atoms with Crippen molar-refractivity contribution in [3.05, 3.63) is 76.5 Å². The normalized spacial score (nSPS) is 20.7. The Morgan fingerprint density at radius 1 is 1.03 bits per heavy atom. The number of hydrogen-bond donors (Lipinski definition) is 0. The van der Waals surface area contributed by atoms with E-state index in [-0.39, 0.29) is 29.4 Å². The summed E-state index contributed by atoms with van der Waals surface area (Å²) in [5, 5.41) is 9.10. The van der Waals surface area contributed by atoms with Gasteiger partial charge in [-0.1, -0.05) is 45.0 Å². The Labute approximate surface area is 177 Å². The number of Topliss-reactive ketones (excluding diaryl/α,β-unsaturated/α-hetero) is 1. The number of nitriles is 1.